The Morgan fingerprint density at radius 1 is 1.14 bits per heavy atom. The number of nitrogens with one attached hydrogen (secondary N) is 1. The van der Waals surface area contributed by atoms with Crippen LogP contribution in [0.4, 0.5) is 5.69 Å². The minimum atomic E-state index is 0.469. The van der Waals surface area contributed by atoms with Crippen molar-refractivity contribution in [3.8, 4) is 0 Å². The van der Waals surface area contributed by atoms with Crippen LogP contribution < -0.4 is 5.32 Å². The second-order valence-electron chi connectivity index (χ2n) is 2.93. The molecular weight excluding hydrogens is 240 g/mol. The molecule has 0 aromatic heterocycles. The molecule has 2 rings (SSSR count). The zero-order chi connectivity index (χ0) is 10.3. The number of rotatable bonds is 0. The molecule has 72 valence electrons. The van der Waals surface area contributed by atoms with Crippen LogP contribution in [0.1, 0.15) is 5.56 Å². The van der Waals surface area contributed by atoms with Gasteiger partial charge in [0.25, 0.3) is 0 Å². The first-order chi connectivity index (χ1) is 6.59. The highest BCUT2D eigenvalue weighted by atomic mass is 35.5. The maximum Gasteiger partial charge on any atom is 0.0833 e. The van der Waals surface area contributed by atoms with E-state index in [-0.39, 0.29) is 0 Å². The van der Waals surface area contributed by atoms with Crippen molar-refractivity contribution < 1.29 is 0 Å². The van der Waals surface area contributed by atoms with Crippen LogP contribution in [0.15, 0.2) is 30.5 Å². The first-order valence-electron chi connectivity index (χ1n) is 3.91. The number of allylic oxidation sites excluding steroid dienone is 1. The summed E-state index contributed by atoms with van der Waals surface area (Å²) in [5, 5.41) is 4.61. The molecule has 1 nitrogen and oxygen atoms in total. The molecule has 1 aliphatic rings. The lowest BCUT2D eigenvalue weighted by Gasteiger charge is -2.19. The van der Waals surface area contributed by atoms with Gasteiger partial charge in [-0.3, -0.25) is 0 Å². The molecule has 0 unspecified atom stereocenters. The zero-order valence-corrected chi connectivity index (χ0v) is 9.34. The van der Waals surface area contributed by atoms with Crippen molar-refractivity contribution in [3.63, 3.8) is 0 Å². The van der Waals surface area contributed by atoms with Crippen molar-refractivity contribution in [2.24, 2.45) is 0 Å². The third-order valence-corrected chi connectivity index (χ3v) is 3.06. The molecule has 0 amide bonds. The SMILES string of the molecule is C=C1C=C(Cl)c2ccc(Cl)c(Cl)c2N1. The van der Waals surface area contributed by atoms with E-state index in [1.165, 1.54) is 0 Å². The fourth-order valence-electron chi connectivity index (χ4n) is 1.30. The molecule has 1 aliphatic heterocycles. The number of anilines is 1. The molecule has 0 saturated carbocycles. The minimum Gasteiger partial charge on any atom is -0.354 e. The van der Waals surface area contributed by atoms with Crippen molar-refractivity contribution in [3.05, 3.63) is 46.1 Å². The van der Waals surface area contributed by atoms with Crippen LogP contribution in [-0.2, 0) is 0 Å². The Morgan fingerprint density at radius 2 is 1.86 bits per heavy atom. The first kappa shape index (κ1) is 9.91. The van der Waals surface area contributed by atoms with Crippen molar-refractivity contribution in [2.75, 3.05) is 5.32 Å². The van der Waals surface area contributed by atoms with E-state index in [4.69, 9.17) is 34.8 Å². The van der Waals surface area contributed by atoms with Gasteiger partial charge in [-0.2, -0.15) is 0 Å². The van der Waals surface area contributed by atoms with Gasteiger partial charge in [0.1, 0.15) is 0 Å². The van der Waals surface area contributed by atoms with E-state index in [9.17, 15) is 0 Å². The summed E-state index contributed by atoms with van der Waals surface area (Å²) in [6.45, 7) is 3.76. The van der Waals surface area contributed by atoms with Gasteiger partial charge in [0.2, 0.25) is 0 Å². The number of fused-ring (bicyclic) bond motifs is 1. The average molecular weight is 247 g/mol. The summed E-state index contributed by atoms with van der Waals surface area (Å²) >= 11 is 17.9. The molecule has 0 fully saturated rings. The van der Waals surface area contributed by atoms with Crippen LogP contribution in [0, 0.1) is 0 Å². The predicted molar refractivity (Wildman–Crippen MR) is 63.1 cm³/mol. The Morgan fingerprint density at radius 3 is 2.57 bits per heavy atom. The highest BCUT2D eigenvalue weighted by Gasteiger charge is 2.17. The summed E-state index contributed by atoms with van der Waals surface area (Å²) in [5.41, 5.74) is 2.26. The van der Waals surface area contributed by atoms with Crippen LogP contribution in [0.5, 0.6) is 0 Å². The molecule has 1 heterocycles. The molecule has 1 aromatic carbocycles. The lowest BCUT2D eigenvalue weighted by atomic mass is 10.1. The van der Waals surface area contributed by atoms with Gasteiger partial charge < -0.3 is 5.32 Å². The van der Waals surface area contributed by atoms with Gasteiger partial charge in [-0.25, -0.2) is 0 Å². The van der Waals surface area contributed by atoms with E-state index in [1.807, 2.05) is 6.07 Å². The predicted octanol–water partition coefficient (Wildman–Crippen LogP) is 4.51. The Bertz CT molecular complexity index is 449. The van der Waals surface area contributed by atoms with Crippen LogP contribution >= 0.6 is 34.8 Å². The molecule has 0 saturated heterocycles. The van der Waals surface area contributed by atoms with E-state index in [0.29, 0.717) is 20.8 Å². The van der Waals surface area contributed by atoms with E-state index in [1.54, 1.807) is 12.1 Å². The normalized spacial score (nSPS) is 14.5. The van der Waals surface area contributed by atoms with Crippen LogP contribution in [0.2, 0.25) is 10.0 Å². The quantitative estimate of drug-likeness (QED) is 0.710. The number of hydrogen-bond donors (Lipinski definition) is 1. The topological polar surface area (TPSA) is 12.0 Å². The fourth-order valence-corrected chi connectivity index (χ4v) is 1.96. The highest BCUT2D eigenvalue weighted by molar-refractivity contribution is 6.51. The smallest absolute Gasteiger partial charge is 0.0833 e. The Labute approximate surface area is 97.0 Å². The van der Waals surface area contributed by atoms with E-state index in [0.717, 1.165) is 11.3 Å². The molecular formula is C10H6Cl3N. The minimum absolute atomic E-state index is 0.469. The van der Waals surface area contributed by atoms with Crippen molar-refractivity contribution in [1.82, 2.24) is 0 Å². The average Bonchev–Trinajstić information content (AvgIpc) is 2.12. The summed E-state index contributed by atoms with van der Waals surface area (Å²) in [6, 6.07) is 3.54. The summed E-state index contributed by atoms with van der Waals surface area (Å²) in [4.78, 5) is 0. The highest BCUT2D eigenvalue weighted by Crippen LogP contribution is 2.40. The number of hydrogen-bond acceptors (Lipinski definition) is 1. The van der Waals surface area contributed by atoms with Crippen molar-refractivity contribution in [2.45, 2.75) is 0 Å². The second-order valence-corrected chi connectivity index (χ2v) is 4.12. The molecule has 14 heavy (non-hydrogen) atoms. The third kappa shape index (κ3) is 1.52. The summed E-state index contributed by atoms with van der Waals surface area (Å²) in [5.74, 6) is 0. The summed E-state index contributed by atoms with van der Waals surface area (Å²) in [6.07, 6.45) is 1.74. The molecule has 1 aromatic rings. The van der Waals surface area contributed by atoms with Gasteiger partial charge in [0.05, 0.1) is 20.8 Å². The zero-order valence-electron chi connectivity index (χ0n) is 7.07. The third-order valence-electron chi connectivity index (χ3n) is 1.94. The van der Waals surface area contributed by atoms with Gasteiger partial charge >= 0.3 is 0 Å². The number of halogens is 3. The van der Waals surface area contributed by atoms with Gasteiger partial charge in [0, 0.05) is 11.3 Å². The van der Waals surface area contributed by atoms with Crippen LogP contribution in [0.3, 0.4) is 0 Å². The van der Waals surface area contributed by atoms with Gasteiger partial charge in [-0.05, 0) is 18.2 Å². The van der Waals surface area contributed by atoms with E-state index in [2.05, 4.69) is 11.9 Å². The maximum atomic E-state index is 6.02. The molecule has 1 N–H and O–H groups in total. The molecule has 0 bridgehead atoms. The summed E-state index contributed by atoms with van der Waals surface area (Å²) in [7, 11) is 0. The van der Waals surface area contributed by atoms with E-state index >= 15 is 0 Å². The van der Waals surface area contributed by atoms with Crippen LogP contribution in [-0.4, -0.2) is 0 Å². The first-order valence-corrected chi connectivity index (χ1v) is 5.04. The van der Waals surface area contributed by atoms with Gasteiger partial charge in [0.15, 0.2) is 0 Å². The van der Waals surface area contributed by atoms with E-state index < -0.39 is 0 Å². The standard InChI is InChI=1S/C10H6Cl3N/c1-5-4-8(12)6-2-3-7(11)9(13)10(6)14-5/h2-4,14H,1H2. The largest absolute Gasteiger partial charge is 0.354 e. The molecule has 0 spiro atoms. The second kappa shape index (κ2) is 3.50. The molecule has 0 radical (unpaired) electrons. The van der Waals surface area contributed by atoms with Gasteiger partial charge in [-0.15, -0.1) is 0 Å². The lowest BCUT2D eigenvalue weighted by molar-refractivity contribution is 1.44. The molecule has 0 atom stereocenters. The Hall–Kier alpha value is -0.630. The van der Waals surface area contributed by atoms with Crippen molar-refractivity contribution >= 4 is 45.5 Å². The Kier molecular flexibility index (Phi) is 2.48. The monoisotopic (exact) mass is 245 g/mol. The molecule has 0 aliphatic carbocycles. The number of benzene rings is 1. The van der Waals surface area contributed by atoms with Crippen molar-refractivity contribution in [1.29, 1.82) is 0 Å². The lowest BCUT2D eigenvalue weighted by Crippen LogP contribution is -2.04. The fraction of sp³-hybridized carbons (Fsp3) is 0. The van der Waals surface area contributed by atoms with Crippen LogP contribution in [0.25, 0.3) is 5.03 Å². The van der Waals surface area contributed by atoms with Gasteiger partial charge in [-0.1, -0.05) is 41.4 Å². The maximum absolute atomic E-state index is 6.02. The molecule has 4 heteroatoms. The summed E-state index contributed by atoms with van der Waals surface area (Å²) < 4.78 is 0. The Balaban J connectivity index is 2.69.